The maximum Gasteiger partial charge on any atom is 0.416 e. The predicted octanol–water partition coefficient (Wildman–Crippen LogP) is 3.90. The first-order valence-electron chi connectivity index (χ1n) is 7.71. The summed E-state index contributed by atoms with van der Waals surface area (Å²) < 4.78 is 38.9. The van der Waals surface area contributed by atoms with E-state index in [1.807, 2.05) is 31.2 Å². The van der Waals surface area contributed by atoms with Crippen molar-refractivity contribution in [3.8, 4) is 0 Å². The van der Waals surface area contributed by atoms with Gasteiger partial charge >= 0.3 is 6.18 Å². The van der Waals surface area contributed by atoms with Gasteiger partial charge in [-0.15, -0.1) is 0 Å². The number of carbonyl (C=O) groups is 1. The van der Waals surface area contributed by atoms with E-state index in [4.69, 9.17) is 5.73 Å². The molecule has 1 aliphatic heterocycles. The Hall–Kier alpha value is -2.76. The molecule has 0 amide bonds. The van der Waals surface area contributed by atoms with Gasteiger partial charge in [0.05, 0.1) is 11.1 Å². The molecule has 0 aromatic heterocycles. The topological polar surface area (TPSA) is 46.3 Å². The molecule has 6 heteroatoms. The SMILES string of the molecule is Cc1cccc(C2C(=O)C(c3cccc(C(F)(F)F)c3)=C(N)N2C)c1. The summed E-state index contributed by atoms with van der Waals surface area (Å²) in [6.07, 6.45) is -4.48. The van der Waals surface area contributed by atoms with Gasteiger partial charge in [0.1, 0.15) is 11.9 Å². The normalized spacial score (nSPS) is 18.2. The minimum absolute atomic E-state index is 0.125. The van der Waals surface area contributed by atoms with E-state index >= 15 is 0 Å². The summed E-state index contributed by atoms with van der Waals surface area (Å²) in [4.78, 5) is 14.5. The van der Waals surface area contributed by atoms with Crippen LogP contribution in [0.25, 0.3) is 5.57 Å². The van der Waals surface area contributed by atoms with Crippen LogP contribution < -0.4 is 5.73 Å². The molecule has 3 rings (SSSR count). The van der Waals surface area contributed by atoms with Crippen molar-refractivity contribution in [2.24, 2.45) is 5.73 Å². The molecule has 0 spiro atoms. The molecule has 0 bridgehead atoms. The van der Waals surface area contributed by atoms with Gasteiger partial charge in [-0.2, -0.15) is 13.2 Å². The zero-order chi connectivity index (χ0) is 18.4. The van der Waals surface area contributed by atoms with E-state index in [2.05, 4.69) is 0 Å². The summed E-state index contributed by atoms with van der Waals surface area (Å²) in [6, 6.07) is 11.5. The standard InChI is InChI=1S/C19H17F3N2O/c1-11-5-3-7-13(9-11)16-17(25)15(18(23)24(16)2)12-6-4-8-14(10-12)19(20,21)22/h3-10,16H,23H2,1-2H3. The molecule has 25 heavy (non-hydrogen) atoms. The quantitative estimate of drug-likeness (QED) is 0.897. The number of halogens is 3. The van der Waals surface area contributed by atoms with Crippen LogP contribution in [-0.2, 0) is 11.0 Å². The monoisotopic (exact) mass is 346 g/mol. The number of ketones is 1. The van der Waals surface area contributed by atoms with Gasteiger partial charge in [-0.1, -0.05) is 42.0 Å². The van der Waals surface area contributed by atoms with Crippen LogP contribution in [0.3, 0.4) is 0 Å². The number of nitrogens with two attached hydrogens (primary N) is 1. The molecular formula is C19H17F3N2O. The summed E-state index contributed by atoms with van der Waals surface area (Å²) >= 11 is 0. The van der Waals surface area contributed by atoms with E-state index in [-0.39, 0.29) is 22.7 Å². The van der Waals surface area contributed by atoms with Crippen molar-refractivity contribution in [2.75, 3.05) is 7.05 Å². The third kappa shape index (κ3) is 2.99. The van der Waals surface area contributed by atoms with Gasteiger partial charge in [-0.25, -0.2) is 0 Å². The van der Waals surface area contributed by atoms with Crippen LogP contribution in [0.2, 0.25) is 0 Å². The molecule has 0 saturated carbocycles. The number of hydrogen-bond donors (Lipinski definition) is 1. The van der Waals surface area contributed by atoms with Gasteiger partial charge < -0.3 is 10.6 Å². The second kappa shape index (κ2) is 5.95. The van der Waals surface area contributed by atoms with Crippen LogP contribution in [-0.4, -0.2) is 17.7 Å². The van der Waals surface area contributed by atoms with Gasteiger partial charge in [-0.3, -0.25) is 4.79 Å². The Morgan fingerprint density at radius 2 is 1.76 bits per heavy atom. The summed E-state index contributed by atoms with van der Waals surface area (Å²) in [7, 11) is 1.67. The third-order valence-corrected chi connectivity index (χ3v) is 4.35. The minimum atomic E-state index is -4.48. The van der Waals surface area contributed by atoms with Gasteiger partial charge in [0.2, 0.25) is 0 Å². The lowest BCUT2D eigenvalue weighted by Crippen LogP contribution is -2.25. The Bertz CT molecular complexity index is 871. The number of hydrogen-bond acceptors (Lipinski definition) is 3. The highest BCUT2D eigenvalue weighted by Gasteiger charge is 2.39. The van der Waals surface area contributed by atoms with E-state index in [0.29, 0.717) is 0 Å². The molecule has 0 radical (unpaired) electrons. The van der Waals surface area contributed by atoms with Crippen LogP contribution in [0, 0.1) is 6.92 Å². The Labute approximate surface area is 143 Å². The Balaban J connectivity index is 2.05. The van der Waals surface area contributed by atoms with Crippen LogP contribution >= 0.6 is 0 Å². The first-order chi connectivity index (χ1) is 11.7. The first-order valence-corrected chi connectivity index (χ1v) is 7.71. The predicted molar refractivity (Wildman–Crippen MR) is 89.2 cm³/mol. The fourth-order valence-corrected chi connectivity index (χ4v) is 3.11. The first kappa shape index (κ1) is 17.1. The molecule has 130 valence electrons. The van der Waals surface area contributed by atoms with Crippen molar-refractivity contribution >= 4 is 11.4 Å². The molecular weight excluding hydrogens is 329 g/mol. The number of alkyl halides is 3. The van der Waals surface area contributed by atoms with Crippen LogP contribution in [0.4, 0.5) is 13.2 Å². The Kier molecular flexibility index (Phi) is 4.06. The maximum atomic E-state index is 13.0. The van der Waals surface area contributed by atoms with Crippen molar-refractivity contribution in [3.63, 3.8) is 0 Å². The second-order valence-corrected chi connectivity index (χ2v) is 6.13. The van der Waals surface area contributed by atoms with Crippen molar-refractivity contribution in [3.05, 3.63) is 76.6 Å². The summed E-state index contributed by atoms with van der Waals surface area (Å²) in [5, 5.41) is 0. The molecule has 1 heterocycles. The maximum absolute atomic E-state index is 13.0. The molecule has 1 aliphatic rings. The molecule has 3 nitrogen and oxygen atoms in total. The van der Waals surface area contributed by atoms with Gasteiger partial charge in [0.15, 0.2) is 5.78 Å². The molecule has 1 unspecified atom stereocenters. The number of aryl methyl sites for hydroxylation is 1. The van der Waals surface area contributed by atoms with E-state index in [0.717, 1.165) is 23.3 Å². The zero-order valence-corrected chi connectivity index (χ0v) is 13.8. The van der Waals surface area contributed by atoms with Gasteiger partial charge in [0.25, 0.3) is 0 Å². The lowest BCUT2D eigenvalue weighted by molar-refractivity contribution is -0.137. The van der Waals surface area contributed by atoms with E-state index in [1.165, 1.54) is 12.1 Å². The third-order valence-electron chi connectivity index (χ3n) is 4.35. The molecule has 0 saturated heterocycles. The average molecular weight is 346 g/mol. The highest BCUT2D eigenvalue weighted by atomic mass is 19.4. The van der Waals surface area contributed by atoms with Crippen LogP contribution in [0.15, 0.2) is 54.4 Å². The Morgan fingerprint density at radius 3 is 2.40 bits per heavy atom. The van der Waals surface area contributed by atoms with Crippen molar-refractivity contribution < 1.29 is 18.0 Å². The summed E-state index contributed by atoms with van der Waals surface area (Å²) in [5.74, 6) is -0.124. The molecule has 2 N–H and O–H groups in total. The second-order valence-electron chi connectivity index (χ2n) is 6.13. The molecule has 2 aromatic carbocycles. The average Bonchev–Trinajstić information content (AvgIpc) is 2.76. The van der Waals surface area contributed by atoms with E-state index in [1.54, 1.807) is 11.9 Å². The van der Waals surface area contributed by atoms with E-state index in [9.17, 15) is 18.0 Å². The molecule has 1 atom stereocenters. The lowest BCUT2D eigenvalue weighted by Gasteiger charge is -2.22. The van der Waals surface area contributed by atoms with Crippen molar-refractivity contribution in [1.29, 1.82) is 0 Å². The highest BCUT2D eigenvalue weighted by Crippen LogP contribution is 2.39. The molecule has 0 fully saturated rings. The van der Waals surface area contributed by atoms with Gasteiger partial charge in [0, 0.05) is 7.05 Å². The Morgan fingerprint density at radius 1 is 1.08 bits per heavy atom. The number of rotatable bonds is 2. The molecule has 2 aromatic rings. The van der Waals surface area contributed by atoms with Crippen LogP contribution in [0.5, 0.6) is 0 Å². The fourth-order valence-electron chi connectivity index (χ4n) is 3.11. The number of nitrogens with zero attached hydrogens (tertiary/aromatic N) is 1. The molecule has 0 aliphatic carbocycles. The van der Waals surface area contributed by atoms with Crippen LogP contribution in [0.1, 0.15) is 28.3 Å². The number of likely N-dealkylation sites (N-methyl/N-ethyl adjacent to an activating group) is 1. The van der Waals surface area contributed by atoms with Crippen molar-refractivity contribution in [1.82, 2.24) is 4.90 Å². The smallest absolute Gasteiger partial charge is 0.385 e. The van der Waals surface area contributed by atoms with Crippen molar-refractivity contribution in [2.45, 2.75) is 19.1 Å². The number of benzene rings is 2. The fraction of sp³-hybridized carbons (Fsp3) is 0.211. The lowest BCUT2D eigenvalue weighted by atomic mass is 9.94. The number of Topliss-reactive ketones (excluding diaryl/α,β-unsaturated/α-hetero) is 1. The highest BCUT2D eigenvalue weighted by molar-refractivity contribution is 6.26. The van der Waals surface area contributed by atoms with Gasteiger partial charge in [-0.05, 0) is 30.2 Å². The summed E-state index contributed by atoms with van der Waals surface area (Å²) in [5.41, 5.74) is 7.32. The largest absolute Gasteiger partial charge is 0.416 e. The summed E-state index contributed by atoms with van der Waals surface area (Å²) in [6.45, 7) is 1.91. The van der Waals surface area contributed by atoms with E-state index < -0.39 is 17.8 Å². The minimum Gasteiger partial charge on any atom is -0.385 e. The zero-order valence-electron chi connectivity index (χ0n) is 13.8. The number of carbonyl (C=O) groups excluding carboxylic acids is 1.